The molecular formula is C11H9Cl2N3O. The van der Waals surface area contributed by atoms with E-state index < -0.39 is 12.3 Å². The van der Waals surface area contributed by atoms with Gasteiger partial charge in [0, 0.05) is 5.56 Å². The first-order chi connectivity index (χ1) is 8.15. The van der Waals surface area contributed by atoms with Crippen molar-refractivity contribution in [2.24, 2.45) is 4.99 Å². The predicted octanol–water partition coefficient (Wildman–Crippen LogP) is 2.21. The van der Waals surface area contributed by atoms with Crippen molar-refractivity contribution < 1.29 is 4.74 Å². The van der Waals surface area contributed by atoms with Crippen LogP contribution in [0.5, 0.6) is 0 Å². The van der Waals surface area contributed by atoms with Crippen LogP contribution in [0.3, 0.4) is 0 Å². The van der Waals surface area contributed by atoms with Crippen molar-refractivity contribution in [3.8, 4) is 6.07 Å². The number of aliphatic imine (C=N–C) groups is 1. The van der Waals surface area contributed by atoms with Crippen LogP contribution in [-0.4, -0.2) is 25.2 Å². The average molecular weight is 270 g/mol. The fourth-order valence-electron chi connectivity index (χ4n) is 1.49. The number of ether oxygens (including phenoxy) is 1. The van der Waals surface area contributed by atoms with Crippen molar-refractivity contribution in [1.82, 2.24) is 5.32 Å². The number of nitrogens with zero attached hydrogens (tertiary/aromatic N) is 2. The third kappa shape index (κ3) is 2.37. The third-order valence-corrected chi connectivity index (χ3v) is 3.10. The summed E-state index contributed by atoms with van der Waals surface area (Å²) >= 11 is 11.7. The van der Waals surface area contributed by atoms with Gasteiger partial charge in [-0.3, -0.25) is 5.32 Å². The lowest BCUT2D eigenvalue weighted by Gasteiger charge is -2.11. The predicted molar refractivity (Wildman–Crippen MR) is 66.3 cm³/mol. The lowest BCUT2D eigenvalue weighted by Crippen LogP contribution is -2.34. The second-order valence-electron chi connectivity index (χ2n) is 3.46. The second kappa shape index (κ2) is 4.92. The van der Waals surface area contributed by atoms with Crippen LogP contribution in [0, 0.1) is 11.3 Å². The summed E-state index contributed by atoms with van der Waals surface area (Å²) in [6, 6.07) is 6.58. The molecule has 0 saturated heterocycles. The Bertz CT molecular complexity index is 510. The Hall–Kier alpha value is -1.28. The Morgan fingerprint density at radius 2 is 2.18 bits per heavy atom. The topological polar surface area (TPSA) is 57.4 Å². The molecule has 0 saturated carbocycles. The molecular weight excluding hydrogens is 261 g/mol. The first-order valence-electron chi connectivity index (χ1n) is 4.92. The van der Waals surface area contributed by atoms with E-state index in [9.17, 15) is 0 Å². The lowest BCUT2D eigenvalue weighted by molar-refractivity contribution is 0.179. The Morgan fingerprint density at radius 3 is 2.71 bits per heavy atom. The molecule has 2 atom stereocenters. The number of hydrogen-bond acceptors (Lipinski definition) is 4. The summed E-state index contributed by atoms with van der Waals surface area (Å²) in [4.78, 5) is 4.17. The number of nitrogens with one attached hydrogen (secondary N) is 1. The molecule has 1 heterocycles. The Morgan fingerprint density at radius 1 is 1.41 bits per heavy atom. The van der Waals surface area contributed by atoms with Crippen molar-refractivity contribution in [1.29, 1.82) is 5.26 Å². The Kier molecular flexibility index (Phi) is 3.53. The van der Waals surface area contributed by atoms with Gasteiger partial charge in [-0.15, -0.1) is 0 Å². The van der Waals surface area contributed by atoms with Gasteiger partial charge in [0.15, 0.2) is 12.3 Å². The quantitative estimate of drug-likeness (QED) is 0.896. The van der Waals surface area contributed by atoms with Gasteiger partial charge in [0.05, 0.1) is 16.1 Å². The maximum atomic E-state index is 8.91. The zero-order valence-electron chi connectivity index (χ0n) is 8.95. The fourth-order valence-corrected chi connectivity index (χ4v) is 1.79. The standard InChI is InChI=1S/C11H9Cl2N3O/c1-15-11-9(5-14)16-10(17-11)6-2-3-7(12)8(13)4-6/h2-4,9,11,15H,1H3. The van der Waals surface area contributed by atoms with Crippen LogP contribution < -0.4 is 5.32 Å². The minimum absolute atomic E-state index is 0.398. The Balaban J connectivity index is 2.30. The summed E-state index contributed by atoms with van der Waals surface area (Å²) < 4.78 is 5.51. The van der Waals surface area contributed by atoms with Crippen molar-refractivity contribution >= 4 is 29.1 Å². The van der Waals surface area contributed by atoms with E-state index in [1.807, 2.05) is 0 Å². The summed E-state index contributed by atoms with van der Waals surface area (Å²) in [5.74, 6) is 0.398. The van der Waals surface area contributed by atoms with E-state index >= 15 is 0 Å². The van der Waals surface area contributed by atoms with Crippen LogP contribution in [0.25, 0.3) is 0 Å². The molecule has 0 spiro atoms. The van der Waals surface area contributed by atoms with Gasteiger partial charge in [-0.1, -0.05) is 23.2 Å². The number of likely N-dealkylation sites (N-methyl/N-ethyl adjacent to an activating group) is 1. The molecule has 0 radical (unpaired) electrons. The summed E-state index contributed by atoms with van der Waals surface area (Å²) in [5, 5.41) is 12.7. The summed E-state index contributed by atoms with van der Waals surface area (Å²) in [6.45, 7) is 0. The molecule has 0 amide bonds. The monoisotopic (exact) mass is 269 g/mol. The van der Waals surface area contributed by atoms with Crippen LogP contribution in [0.1, 0.15) is 5.56 Å². The molecule has 1 N–H and O–H groups in total. The molecule has 6 heteroatoms. The largest absolute Gasteiger partial charge is 0.455 e. The number of nitriles is 1. The van der Waals surface area contributed by atoms with Gasteiger partial charge >= 0.3 is 0 Å². The number of benzene rings is 1. The van der Waals surface area contributed by atoms with E-state index in [1.165, 1.54) is 0 Å². The molecule has 0 aromatic heterocycles. The van der Waals surface area contributed by atoms with Gasteiger partial charge in [-0.05, 0) is 25.2 Å². The maximum Gasteiger partial charge on any atom is 0.219 e. The van der Waals surface area contributed by atoms with Crippen LogP contribution in [0.2, 0.25) is 10.0 Å². The highest BCUT2D eigenvalue weighted by atomic mass is 35.5. The average Bonchev–Trinajstić information content (AvgIpc) is 2.75. The molecule has 1 aliphatic rings. The van der Waals surface area contributed by atoms with Gasteiger partial charge in [0.25, 0.3) is 0 Å². The molecule has 0 fully saturated rings. The van der Waals surface area contributed by atoms with Gasteiger partial charge in [-0.25, -0.2) is 4.99 Å². The molecule has 1 aromatic rings. The van der Waals surface area contributed by atoms with Gasteiger partial charge in [-0.2, -0.15) is 5.26 Å². The molecule has 0 aliphatic carbocycles. The first-order valence-corrected chi connectivity index (χ1v) is 5.68. The van der Waals surface area contributed by atoms with Crippen molar-refractivity contribution in [2.75, 3.05) is 7.05 Å². The minimum atomic E-state index is -0.551. The highest BCUT2D eigenvalue weighted by Gasteiger charge is 2.30. The van der Waals surface area contributed by atoms with E-state index in [1.54, 1.807) is 25.2 Å². The number of hydrogen-bond donors (Lipinski definition) is 1. The van der Waals surface area contributed by atoms with Crippen LogP contribution in [-0.2, 0) is 4.74 Å². The highest BCUT2D eigenvalue weighted by Crippen LogP contribution is 2.25. The molecule has 2 unspecified atom stereocenters. The fraction of sp³-hybridized carbons (Fsp3) is 0.273. The molecule has 17 heavy (non-hydrogen) atoms. The highest BCUT2D eigenvalue weighted by molar-refractivity contribution is 6.42. The summed E-state index contributed by atoms with van der Waals surface area (Å²) in [5.41, 5.74) is 0.706. The normalized spacial score (nSPS) is 22.8. The summed E-state index contributed by atoms with van der Waals surface area (Å²) in [7, 11) is 1.71. The maximum absolute atomic E-state index is 8.91. The lowest BCUT2D eigenvalue weighted by atomic mass is 10.2. The van der Waals surface area contributed by atoms with Crippen LogP contribution >= 0.6 is 23.2 Å². The SMILES string of the molecule is CNC1OC(c2ccc(Cl)c(Cl)c2)=NC1C#N. The minimum Gasteiger partial charge on any atom is -0.455 e. The molecule has 1 aromatic carbocycles. The van der Waals surface area contributed by atoms with E-state index in [-0.39, 0.29) is 0 Å². The third-order valence-electron chi connectivity index (χ3n) is 2.37. The number of rotatable bonds is 2. The van der Waals surface area contributed by atoms with Gasteiger partial charge < -0.3 is 4.74 Å². The van der Waals surface area contributed by atoms with E-state index in [0.29, 0.717) is 21.5 Å². The molecule has 1 aliphatic heterocycles. The Labute approximate surface area is 109 Å². The van der Waals surface area contributed by atoms with Gasteiger partial charge in [0.1, 0.15) is 0 Å². The molecule has 88 valence electrons. The molecule has 2 rings (SSSR count). The van der Waals surface area contributed by atoms with Gasteiger partial charge in [0.2, 0.25) is 5.90 Å². The zero-order chi connectivity index (χ0) is 12.4. The van der Waals surface area contributed by atoms with E-state index in [0.717, 1.165) is 0 Å². The second-order valence-corrected chi connectivity index (χ2v) is 4.28. The number of halogens is 2. The van der Waals surface area contributed by atoms with Crippen molar-refractivity contribution in [3.05, 3.63) is 33.8 Å². The first kappa shape index (κ1) is 12.2. The van der Waals surface area contributed by atoms with E-state index in [4.69, 9.17) is 33.2 Å². The van der Waals surface area contributed by atoms with Crippen molar-refractivity contribution in [2.45, 2.75) is 12.3 Å². The summed E-state index contributed by atoms with van der Waals surface area (Å²) in [6.07, 6.45) is -0.426. The van der Waals surface area contributed by atoms with E-state index in [2.05, 4.69) is 16.4 Å². The zero-order valence-corrected chi connectivity index (χ0v) is 10.5. The van der Waals surface area contributed by atoms with Crippen LogP contribution in [0.4, 0.5) is 0 Å². The molecule has 4 nitrogen and oxygen atoms in total. The van der Waals surface area contributed by atoms with Crippen molar-refractivity contribution in [3.63, 3.8) is 0 Å². The molecule has 0 bridgehead atoms. The van der Waals surface area contributed by atoms with Crippen LogP contribution in [0.15, 0.2) is 23.2 Å². The smallest absolute Gasteiger partial charge is 0.219 e.